The molecular weight excluding hydrogens is 328 g/mol. The van der Waals surface area contributed by atoms with Crippen LogP contribution in [0.15, 0.2) is 53.0 Å². The van der Waals surface area contributed by atoms with E-state index in [-0.39, 0.29) is 5.91 Å². The number of nitrogen functional groups attached to an aromatic ring is 1. The fraction of sp³-hybridized carbons (Fsp3) is 0.235. The van der Waals surface area contributed by atoms with Crippen molar-refractivity contribution in [2.75, 3.05) is 12.8 Å². The lowest BCUT2D eigenvalue weighted by Crippen LogP contribution is -2.26. The number of anilines is 1. The average Bonchev–Trinajstić information content (AvgIpc) is 2.48. The molecular formula is C17H19BrN2O. The molecule has 1 amide bonds. The molecule has 0 unspecified atom stereocenters. The van der Waals surface area contributed by atoms with E-state index < -0.39 is 0 Å². The molecule has 0 fully saturated rings. The van der Waals surface area contributed by atoms with Crippen molar-refractivity contribution in [2.24, 2.45) is 0 Å². The van der Waals surface area contributed by atoms with Gasteiger partial charge in [0.05, 0.1) is 0 Å². The van der Waals surface area contributed by atoms with E-state index in [0.717, 1.165) is 27.7 Å². The Morgan fingerprint density at radius 1 is 1.05 bits per heavy atom. The lowest BCUT2D eigenvalue weighted by Gasteiger charge is -2.17. The number of amides is 1. The van der Waals surface area contributed by atoms with Gasteiger partial charge in [0.2, 0.25) is 5.91 Å². The fourth-order valence-electron chi connectivity index (χ4n) is 2.08. The molecule has 0 radical (unpaired) electrons. The zero-order valence-corrected chi connectivity index (χ0v) is 13.6. The Labute approximate surface area is 133 Å². The summed E-state index contributed by atoms with van der Waals surface area (Å²) in [6, 6.07) is 15.7. The molecule has 0 saturated heterocycles. The van der Waals surface area contributed by atoms with E-state index in [9.17, 15) is 4.79 Å². The van der Waals surface area contributed by atoms with Gasteiger partial charge in [0.25, 0.3) is 0 Å². The van der Waals surface area contributed by atoms with E-state index in [1.165, 1.54) is 0 Å². The summed E-state index contributed by atoms with van der Waals surface area (Å²) in [5.41, 5.74) is 8.66. The van der Waals surface area contributed by atoms with Crippen LogP contribution >= 0.6 is 15.9 Å². The SMILES string of the molecule is CN(Cc1ccc(Br)cc1)C(=O)CCc1ccc(N)cc1. The third kappa shape index (κ3) is 4.90. The summed E-state index contributed by atoms with van der Waals surface area (Å²) < 4.78 is 1.04. The van der Waals surface area contributed by atoms with Crippen LogP contribution in [0.5, 0.6) is 0 Å². The zero-order chi connectivity index (χ0) is 15.2. The molecule has 0 aliphatic carbocycles. The molecule has 2 aromatic carbocycles. The highest BCUT2D eigenvalue weighted by Gasteiger charge is 2.09. The minimum atomic E-state index is 0.148. The van der Waals surface area contributed by atoms with Crippen LogP contribution in [0.1, 0.15) is 17.5 Å². The molecule has 0 bridgehead atoms. The van der Waals surface area contributed by atoms with Gasteiger partial charge in [0, 0.05) is 30.2 Å². The molecule has 2 rings (SSSR count). The maximum atomic E-state index is 12.1. The lowest BCUT2D eigenvalue weighted by atomic mass is 10.1. The van der Waals surface area contributed by atoms with Crippen molar-refractivity contribution in [3.05, 3.63) is 64.1 Å². The Hall–Kier alpha value is -1.81. The van der Waals surface area contributed by atoms with E-state index in [1.807, 2.05) is 55.6 Å². The van der Waals surface area contributed by atoms with Gasteiger partial charge < -0.3 is 10.6 Å². The summed E-state index contributed by atoms with van der Waals surface area (Å²) in [6.45, 7) is 0.633. The summed E-state index contributed by atoms with van der Waals surface area (Å²) in [4.78, 5) is 13.9. The standard InChI is InChI=1S/C17H19BrN2O/c1-20(12-14-2-7-15(18)8-3-14)17(21)11-6-13-4-9-16(19)10-5-13/h2-5,7-10H,6,11-12,19H2,1H3. The first-order valence-corrected chi connectivity index (χ1v) is 7.67. The quantitative estimate of drug-likeness (QED) is 0.840. The molecule has 0 atom stereocenters. The van der Waals surface area contributed by atoms with E-state index in [1.54, 1.807) is 4.90 Å². The minimum absolute atomic E-state index is 0.148. The molecule has 0 saturated carbocycles. The minimum Gasteiger partial charge on any atom is -0.399 e. The maximum absolute atomic E-state index is 12.1. The van der Waals surface area contributed by atoms with Crippen molar-refractivity contribution in [3.8, 4) is 0 Å². The van der Waals surface area contributed by atoms with Gasteiger partial charge in [-0.25, -0.2) is 0 Å². The number of nitrogens with two attached hydrogens (primary N) is 1. The van der Waals surface area contributed by atoms with Crippen LogP contribution in [0.4, 0.5) is 5.69 Å². The number of halogens is 1. The van der Waals surface area contributed by atoms with Crippen LogP contribution in [-0.2, 0) is 17.8 Å². The summed E-state index contributed by atoms with van der Waals surface area (Å²) in [6.07, 6.45) is 1.25. The van der Waals surface area contributed by atoms with Gasteiger partial charge in [0.15, 0.2) is 0 Å². The van der Waals surface area contributed by atoms with Crippen molar-refractivity contribution in [3.63, 3.8) is 0 Å². The van der Waals surface area contributed by atoms with Gasteiger partial charge in [-0.05, 0) is 41.8 Å². The highest BCUT2D eigenvalue weighted by Crippen LogP contribution is 2.13. The topological polar surface area (TPSA) is 46.3 Å². The van der Waals surface area contributed by atoms with E-state index >= 15 is 0 Å². The van der Waals surface area contributed by atoms with Crippen molar-refractivity contribution in [1.29, 1.82) is 0 Å². The van der Waals surface area contributed by atoms with Crippen LogP contribution in [0.2, 0.25) is 0 Å². The molecule has 110 valence electrons. The van der Waals surface area contributed by atoms with Crippen molar-refractivity contribution >= 4 is 27.5 Å². The predicted molar refractivity (Wildman–Crippen MR) is 89.8 cm³/mol. The van der Waals surface area contributed by atoms with Gasteiger partial charge in [-0.1, -0.05) is 40.2 Å². The first-order valence-electron chi connectivity index (χ1n) is 6.87. The Balaban J connectivity index is 1.84. The highest BCUT2D eigenvalue weighted by atomic mass is 79.9. The second-order valence-corrected chi connectivity index (χ2v) is 6.03. The smallest absolute Gasteiger partial charge is 0.222 e. The molecule has 4 heteroatoms. The molecule has 0 spiro atoms. The number of nitrogens with zero attached hydrogens (tertiary/aromatic N) is 1. The fourth-order valence-corrected chi connectivity index (χ4v) is 2.34. The number of rotatable bonds is 5. The van der Waals surface area contributed by atoms with Crippen molar-refractivity contribution < 1.29 is 4.79 Å². The molecule has 0 aliphatic heterocycles. The summed E-state index contributed by atoms with van der Waals surface area (Å²) in [7, 11) is 1.84. The Bertz CT molecular complexity index is 593. The molecule has 21 heavy (non-hydrogen) atoms. The zero-order valence-electron chi connectivity index (χ0n) is 12.1. The van der Waals surface area contributed by atoms with Crippen LogP contribution in [0.25, 0.3) is 0 Å². The summed E-state index contributed by atoms with van der Waals surface area (Å²) >= 11 is 3.41. The Kier molecular flexibility index (Phi) is 5.39. The van der Waals surface area contributed by atoms with E-state index in [2.05, 4.69) is 15.9 Å². The number of carbonyl (C=O) groups is 1. The first-order chi connectivity index (χ1) is 10.0. The number of hydrogen-bond acceptors (Lipinski definition) is 2. The third-order valence-electron chi connectivity index (χ3n) is 3.37. The first kappa shape index (κ1) is 15.6. The second-order valence-electron chi connectivity index (χ2n) is 5.12. The van der Waals surface area contributed by atoms with Gasteiger partial charge in [-0.15, -0.1) is 0 Å². The average molecular weight is 347 g/mol. The highest BCUT2D eigenvalue weighted by molar-refractivity contribution is 9.10. The third-order valence-corrected chi connectivity index (χ3v) is 3.89. The maximum Gasteiger partial charge on any atom is 0.222 e. The molecule has 0 aromatic heterocycles. The van der Waals surface area contributed by atoms with Crippen LogP contribution in [0.3, 0.4) is 0 Å². The van der Waals surface area contributed by atoms with E-state index in [0.29, 0.717) is 13.0 Å². The van der Waals surface area contributed by atoms with E-state index in [4.69, 9.17) is 5.73 Å². The molecule has 0 aliphatic rings. The van der Waals surface area contributed by atoms with Gasteiger partial charge >= 0.3 is 0 Å². The van der Waals surface area contributed by atoms with Crippen LogP contribution in [-0.4, -0.2) is 17.9 Å². The van der Waals surface area contributed by atoms with Crippen molar-refractivity contribution in [1.82, 2.24) is 4.90 Å². The molecule has 2 N–H and O–H groups in total. The normalized spacial score (nSPS) is 10.4. The van der Waals surface area contributed by atoms with Gasteiger partial charge in [0.1, 0.15) is 0 Å². The van der Waals surface area contributed by atoms with Crippen LogP contribution < -0.4 is 5.73 Å². The summed E-state index contributed by atoms with van der Waals surface area (Å²) in [5.74, 6) is 0.148. The van der Waals surface area contributed by atoms with Gasteiger partial charge in [-0.3, -0.25) is 4.79 Å². The van der Waals surface area contributed by atoms with Gasteiger partial charge in [-0.2, -0.15) is 0 Å². The monoisotopic (exact) mass is 346 g/mol. The summed E-state index contributed by atoms with van der Waals surface area (Å²) in [5, 5.41) is 0. The molecule has 2 aromatic rings. The Morgan fingerprint density at radius 2 is 1.62 bits per heavy atom. The molecule has 3 nitrogen and oxygen atoms in total. The van der Waals surface area contributed by atoms with Crippen molar-refractivity contribution in [2.45, 2.75) is 19.4 Å². The largest absolute Gasteiger partial charge is 0.399 e. The van der Waals surface area contributed by atoms with Crippen LogP contribution in [0, 0.1) is 0 Å². The second kappa shape index (κ2) is 7.27. The number of hydrogen-bond donors (Lipinski definition) is 1. The molecule has 0 heterocycles. The Morgan fingerprint density at radius 3 is 2.24 bits per heavy atom. The number of aryl methyl sites for hydroxylation is 1. The number of carbonyl (C=O) groups excluding carboxylic acids is 1. The number of benzene rings is 2. The lowest BCUT2D eigenvalue weighted by molar-refractivity contribution is -0.130. The predicted octanol–water partition coefficient (Wildman–Crippen LogP) is 3.62.